The number of amides is 2. The number of nitrogens with two attached hydrogens (primary N) is 1. The maximum absolute atomic E-state index is 12.7. The third kappa shape index (κ3) is 3.94. The molecule has 3 rings (SSSR count). The van der Waals surface area contributed by atoms with Gasteiger partial charge in [-0.2, -0.15) is 0 Å². The fourth-order valence-corrected chi connectivity index (χ4v) is 3.43. The van der Waals surface area contributed by atoms with Crippen LogP contribution in [0.4, 0.5) is 5.69 Å². The number of benzene rings is 2. The summed E-state index contributed by atoms with van der Waals surface area (Å²) in [7, 11) is 5.99. The largest absolute Gasteiger partial charge is 0.493 e. The van der Waals surface area contributed by atoms with E-state index in [-0.39, 0.29) is 12.5 Å². The molecule has 2 amide bonds. The van der Waals surface area contributed by atoms with Gasteiger partial charge in [0.15, 0.2) is 29.6 Å². The molecule has 0 bridgehead atoms. The van der Waals surface area contributed by atoms with Crippen LogP contribution in [-0.4, -0.2) is 46.9 Å². The monoisotopic (exact) mass is 428 g/mol. The summed E-state index contributed by atoms with van der Waals surface area (Å²) < 4.78 is 26.9. The van der Waals surface area contributed by atoms with Crippen LogP contribution < -0.4 is 34.3 Å². The van der Waals surface area contributed by atoms with Gasteiger partial charge < -0.3 is 29.4 Å². The van der Waals surface area contributed by atoms with Crippen molar-refractivity contribution in [2.75, 3.05) is 39.9 Å². The number of anilines is 1. The Morgan fingerprint density at radius 1 is 0.968 bits per heavy atom. The molecule has 31 heavy (non-hydrogen) atoms. The van der Waals surface area contributed by atoms with Crippen LogP contribution in [0.1, 0.15) is 11.6 Å². The normalized spacial score (nSPS) is 15.2. The van der Waals surface area contributed by atoms with Gasteiger partial charge >= 0.3 is 0 Å². The Bertz CT molecular complexity index is 1010. The van der Waals surface area contributed by atoms with E-state index in [4.69, 9.17) is 29.4 Å². The highest BCUT2D eigenvalue weighted by molar-refractivity contribution is 6.15. The maximum atomic E-state index is 12.7. The van der Waals surface area contributed by atoms with Crippen molar-refractivity contribution in [1.82, 2.24) is 0 Å². The molecule has 1 atom stereocenters. The van der Waals surface area contributed by atoms with Crippen LogP contribution in [0, 0.1) is 0 Å². The molecule has 1 saturated heterocycles. The molecular formula is C22H24N2O7. The number of β-lactam (4-membered cyclic amide) rings is 1. The summed E-state index contributed by atoms with van der Waals surface area (Å²) in [6, 6.07) is 8.09. The minimum absolute atomic E-state index is 0.241. The summed E-state index contributed by atoms with van der Waals surface area (Å²) in [6.07, 6.45) is 0. The lowest BCUT2D eigenvalue weighted by atomic mass is 9.88. The highest BCUT2D eigenvalue weighted by Gasteiger charge is 2.43. The van der Waals surface area contributed by atoms with Gasteiger partial charge in [-0.1, -0.05) is 12.6 Å². The smallest absolute Gasteiger partial charge is 0.256 e. The molecule has 0 spiro atoms. The van der Waals surface area contributed by atoms with Crippen LogP contribution in [0.3, 0.4) is 0 Å². The molecule has 164 valence electrons. The van der Waals surface area contributed by atoms with Gasteiger partial charge in [0, 0.05) is 17.7 Å². The fraction of sp³-hybridized carbons (Fsp3) is 0.273. The molecule has 0 aromatic heterocycles. The molecule has 2 aromatic carbocycles. The van der Waals surface area contributed by atoms with Crippen LogP contribution in [0.25, 0.3) is 0 Å². The van der Waals surface area contributed by atoms with Gasteiger partial charge in [0.25, 0.3) is 11.8 Å². The number of primary amides is 1. The fourth-order valence-electron chi connectivity index (χ4n) is 3.43. The van der Waals surface area contributed by atoms with Crippen LogP contribution in [0.2, 0.25) is 0 Å². The number of hydrogen-bond donors (Lipinski definition) is 1. The first-order valence-corrected chi connectivity index (χ1v) is 9.27. The van der Waals surface area contributed by atoms with Crippen molar-refractivity contribution in [3.8, 4) is 28.7 Å². The third-order valence-electron chi connectivity index (χ3n) is 4.88. The lowest BCUT2D eigenvalue weighted by Crippen LogP contribution is -2.48. The predicted molar refractivity (Wildman–Crippen MR) is 113 cm³/mol. The van der Waals surface area contributed by atoms with Crippen molar-refractivity contribution in [2.24, 2.45) is 5.73 Å². The van der Waals surface area contributed by atoms with E-state index in [1.807, 2.05) is 0 Å². The zero-order valence-corrected chi connectivity index (χ0v) is 17.8. The molecule has 0 radical (unpaired) electrons. The van der Waals surface area contributed by atoms with E-state index < -0.39 is 11.9 Å². The molecule has 2 aromatic rings. The van der Waals surface area contributed by atoms with Gasteiger partial charge in [0.2, 0.25) is 5.75 Å². The molecule has 1 heterocycles. The van der Waals surface area contributed by atoms with Gasteiger partial charge in [0.1, 0.15) is 0 Å². The number of rotatable bonds is 9. The minimum atomic E-state index is -0.616. The number of nitrogens with zero attached hydrogens (tertiary/aromatic N) is 1. The Hall–Kier alpha value is -3.88. The Morgan fingerprint density at radius 3 is 2.10 bits per heavy atom. The minimum Gasteiger partial charge on any atom is -0.493 e. The van der Waals surface area contributed by atoms with Gasteiger partial charge in [-0.3, -0.25) is 14.5 Å². The number of carbonyl (C=O) groups excluding carboxylic acids is 2. The average molecular weight is 428 g/mol. The molecule has 1 unspecified atom stereocenters. The topological polar surface area (TPSA) is 110 Å². The first kappa shape index (κ1) is 21.8. The Balaban J connectivity index is 2.03. The van der Waals surface area contributed by atoms with Crippen molar-refractivity contribution in [1.29, 1.82) is 0 Å². The molecule has 1 fully saturated rings. The van der Waals surface area contributed by atoms with E-state index in [1.165, 1.54) is 28.4 Å². The van der Waals surface area contributed by atoms with E-state index in [2.05, 4.69) is 6.58 Å². The molecular weight excluding hydrogens is 404 g/mol. The van der Waals surface area contributed by atoms with E-state index in [9.17, 15) is 9.59 Å². The van der Waals surface area contributed by atoms with Crippen LogP contribution in [-0.2, 0) is 9.59 Å². The zero-order valence-electron chi connectivity index (χ0n) is 17.8. The number of methoxy groups -OCH3 is 4. The second-order valence-corrected chi connectivity index (χ2v) is 6.65. The van der Waals surface area contributed by atoms with Crippen LogP contribution in [0.15, 0.2) is 42.5 Å². The summed E-state index contributed by atoms with van der Waals surface area (Å²) in [4.78, 5) is 25.4. The number of hydrogen-bond acceptors (Lipinski definition) is 7. The quantitative estimate of drug-likeness (QED) is 0.482. The van der Waals surface area contributed by atoms with Crippen molar-refractivity contribution < 1.29 is 33.3 Å². The third-order valence-corrected chi connectivity index (χ3v) is 4.88. The summed E-state index contributed by atoms with van der Waals surface area (Å²) >= 11 is 0. The maximum Gasteiger partial charge on any atom is 0.256 e. The summed E-state index contributed by atoms with van der Waals surface area (Å²) in [5, 5.41) is 0. The van der Waals surface area contributed by atoms with Crippen LogP contribution >= 0.6 is 0 Å². The van der Waals surface area contributed by atoms with E-state index in [0.717, 1.165) is 5.56 Å². The van der Waals surface area contributed by atoms with E-state index in [1.54, 1.807) is 35.2 Å². The first-order chi connectivity index (χ1) is 14.9. The Kier molecular flexibility index (Phi) is 6.24. The summed E-state index contributed by atoms with van der Waals surface area (Å²) in [5.41, 5.74) is 6.85. The number of carbonyl (C=O) groups is 2. The Morgan fingerprint density at radius 2 is 1.58 bits per heavy atom. The second-order valence-electron chi connectivity index (χ2n) is 6.65. The van der Waals surface area contributed by atoms with E-state index >= 15 is 0 Å². The summed E-state index contributed by atoms with van der Waals surface area (Å²) in [5.74, 6) is 1.16. The average Bonchev–Trinajstić information content (AvgIpc) is 2.79. The molecule has 1 aliphatic rings. The Labute approximate surface area is 179 Å². The summed E-state index contributed by atoms with van der Waals surface area (Å²) in [6.45, 7) is 3.61. The molecule has 9 heteroatoms. The zero-order chi connectivity index (χ0) is 22.7. The molecule has 0 aliphatic carbocycles. The standard InChI is InChI=1S/C22H24N2O7/c1-12-20(13-6-7-15(27-2)16(8-13)31-11-19(23)25)24(22(12)26)14-9-17(28-3)21(30-5)18(10-14)29-4/h6-10,20H,1,11H2,2-5H3,(H2,23,25). The lowest BCUT2D eigenvalue weighted by Gasteiger charge is -2.42. The lowest BCUT2D eigenvalue weighted by molar-refractivity contribution is -0.120. The highest BCUT2D eigenvalue weighted by atomic mass is 16.5. The van der Waals surface area contributed by atoms with Gasteiger partial charge in [0.05, 0.1) is 40.2 Å². The van der Waals surface area contributed by atoms with Crippen molar-refractivity contribution in [2.45, 2.75) is 6.04 Å². The first-order valence-electron chi connectivity index (χ1n) is 9.27. The van der Waals surface area contributed by atoms with E-state index in [0.29, 0.717) is 40.0 Å². The van der Waals surface area contributed by atoms with Crippen molar-refractivity contribution in [3.05, 3.63) is 48.0 Å². The van der Waals surface area contributed by atoms with Gasteiger partial charge in [-0.25, -0.2) is 0 Å². The van der Waals surface area contributed by atoms with Gasteiger partial charge in [-0.05, 0) is 17.7 Å². The number of ether oxygens (including phenoxy) is 5. The van der Waals surface area contributed by atoms with Crippen LogP contribution in [0.5, 0.6) is 28.7 Å². The molecule has 1 aliphatic heterocycles. The second kappa shape index (κ2) is 8.86. The molecule has 2 N–H and O–H groups in total. The SMILES string of the molecule is C=C1C(=O)N(c2cc(OC)c(OC)c(OC)c2)C1c1ccc(OC)c(OCC(N)=O)c1. The van der Waals surface area contributed by atoms with Crippen molar-refractivity contribution in [3.63, 3.8) is 0 Å². The molecule has 0 saturated carbocycles. The molecule has 9 nitrogen and oxygen atoms in total. The highest BCUT2D eigenvalue weighted by Crippen LogP contribution is 2.48. The van der Waals surface area contributed by atoms with Gasteiger partial charge in [-0.15, -0.1) is 0 Å². The van der Waals surface area contributed by atoms with Crippen molar-refractivity contribution >= 4 is 17.5 Å². The predicted octanol–water partition coefficient (Wildman–Crippen LogP) is 2.23.